The van der Waals surface area contributed by atoms with Gasteiger partial charge in [-0.2, -0.15) is 0 Å². The van der Waals surface area contributed by atoms with Gasteiger partial charge < -0.3 is 15.0 Å². The van der Waals surface area contributed by atoms with E-state index in [0.29, 0.717) is 24.7 Å². The molecule has 2 aromatic carbocycles. The summed E-state index contributed by atoms with van der Waals surface area (Å²) < 4.78 is 5.18. The topological polar surface area (TPSA) is 58.6 Å². The first-order chi connectivity index (χ1) is 13.1. The second-order valence-electron chi connectivity index (χ2n) is 5.89. The second-order valence-corrected chi connectivity index (χ2v) is 6.28. The quantitative estimate of drug-likeness (QED) is 0.558. The first-order valence-corrected chi connectivity index (χ1v) is 9.37. The van der Waals surface area contributed by atoms with Gasteiger partial charge in [-0.05, 0) is 36.8 Å². The van der Waals surface area contributed by atoms with Gasteiger partial charge in [-0.15, -0.1) is 0 Å². The van der Waals surface area contributed by atoms with Crippen LogP contribution < -0.4 is 10.2 Å². The highest BCUT2D eigenvalue weighted by molar-refractivity contribution is 7.80. The fourth-order valence-corrected chi connectivity index (χ4v) is 2.86. The minimum atomic E-state index is -0.387. The zero-order valence-electron chi connectivity index (χ0n) is 15.4. The lowest BCUT2D eigenvalue weighted by molar-refractivity contribution is -0.144. The van der Waals surface area contributed by atoms with E-state index in [2.05, 4.69) is 5.32 Å². The van der Waals surface area contributed by atoms with Gasteiger partial charge in [-0.1, -0.05) is 48.5 Å². The van der Waals surface area contributed by atoms with Crippen molar-refractivity contribution in [2.45, 2.75) is 26.2 Å². The predicted molar refractivity (Wildman–Crippen MR) is 111 cm³/mol. The molecule has 2 rings (SSSR count). The molecular formula is C21H24N2O3S. The molecule has 0 saturated heterocycles. The summed E-state index contributed by atoms with van der Waals surface area (Å²) >= 11 is 5.31. The Morgan fingerprint density at radius 1 is 1.00 bits per heavy atom. The van der Waals surface area contributed by atoms with Crippen molar-refractivity contribution in [1.82, 2.24) is 5.32 Å². The van der Waals surface area contributed by atoms with Gasteiger partial charge in [0.2, 0.25) is 5.91 Å². The van der Waals surface area contributed by atoms with Crippen molar-refractivity contribution in [3.05, 3.63) is 66.2 Å². The van der Waals surface area contributed by atoms with Crippen molar-refractivity contribution in [2.24, 2.45) is 0 Å². The number of nitrogens with zero attached hydrogens (tertiary/aromatic N) is 1. The lowest BCUT2D eigenvalue weighted by Gasteiger charge is -2.23. The van der Waals surface area contributed by atoms with E-state index >= 15 is 0 Å². The number of rotatable bonds is 8. The Hall–Kier alpha value is -2.73. The molecule has 0 heterocycles. The maximum Gasteiger partial charge on any atom is 0.306 e. The number of esters is 1. The minimum Gasteiger partial charge on any atom is -0.465 e. The van der Waals surface area contributed by atoms with E-state index in [1.807, 2.05) is 72.5 Å². The highest BCUT2D eigenvalue weighted by Crippen LogP contribution is 2.13. The number of carbonyl (C=O) groups is 2. The maximum absolute atomic E-state index is 12.1. The largest absolute Gasteiger partial charge is 0.465 e. The molecule has 0 spiro atoms. The van der Waals surface area contributed by atoms with Crippen LogP contribution in [0.3, 0.4) is 0 Å². The van der Waals surface area contributed by atoms with Crippen LogP contribution in [0, 0.1) is 0 Å². The molecule has 0 atom stereocenters. The van der Waals surface area contributed by atoms with Crippen LogP contribution in [0.15, 0.2) is 60.7 Å². The summed E-state index contributed by atoms with van der Waals surface area (Å²) in [7, 11) is 0. The van der Waals surface area contributed by atoms with Gasteiger partial charge in [0.1, 0.15) is 0 Å². The van der Waals surface area contributed by atoms with Crippen molar-refractivity contribution < 1.29 is 14.3 Å². The zero-order valence-corrected chi connectivity index (χ0v) is 16.2. The number of hydrogen-bond acceptors (Lipinski definition) is 4. The molecule has 0 aliphatic carbocycles. The van der Waals surface area contributed by atoms with Crippen molar-refractivity contribution in [3.8, 4) is 0 Å². The Balaban J connectivity index is 1.70. The van der Waals surface area contributed by atoms with Gasteiger partial charge in [0.25, 0.3) is 0 Å². The van der Waals surface area contributed by atoms with Crippen LogP contribution in [0.25, 0.3) is 0 Å². The van der Waals surface area contributed by atoms with Crippen LogP contribution in [0.1, 0.15) is 25.3 Å². The number of amides is 1. The smallest absolute Gasteiger partial charge is 0.306 e. The average Bonchev–Trinajstić information content (AvgIpc) is 2.68. The standard InChI is InChI=1S/C21H24N2O3S/c1-2-23(18-11-7-4-8-12-18)21(27)22-19(24)13-14-20(25)26-16-15-17-9-5-3-6-10-17/h3-12H,2,13-16H2,1H3,(H,22,24,27). The van der Waals surface area contributed by atoms with Gasteiger partial charge in [0.05, 0.1) is 13.0 Å². The number of hydrogen-bond donors (Lipinski definition) is 1. The fourth-order valence-electron chi connectivity index (χ4n) is 2.52. The molecule has 0 aliphatic heterocycles. The minimum absolute atomic E-state index is 0.0285. The summed E-state index contributed by atoms with van der Waals surface area (Å²) in [6, 6.07) is 19.4. The van der Waals surface area contributed by atoms with Crippen molar-refractivity contribution in [2.75, 3.05) is 18.1 Å². The van der Waals surface area contributed by atoms with Gasteiger partial charge >= 0.3 is 5.97 Å². The highest BCUT2D eigenvalue weighted by Gasteiger charge is 2.14. The molecule has 0 aliphatic rings. The molecule has 1 amide bonds. The van der Waals surface area contributed by atoms with Gasteiger partial charge in [0, 0.05) is 25.1 Å². The number of anilines is 1. The Labute approximate surface area is 165 Å². The van der Waals surface area contributed by atoms with E-state index in [4.69, 9.17) is 17.0 Å². The Morgan fingerprint density at radius 2 is 1.63 bits per heavy atom. The SMILES string of the molecule is CCN(C(=S)NC(=O)CCC(=O)OCCc1ccccc1)c1ccccc1. The molecule has 6 heteroatoms. The van der Waals surface area contributed by atoms with Crippen LogP contribution in [0.5, 0.6) is 0 Å². The molecule has 2 aromatic rings. The van der Waals surface area contributed by atoms with Crippen molar-refractivity contribution >= 4 is 34.9 Å². The molecule has 1 N–H and O–H groups in total. The Bertz CT molecular complexity index is 751. The lowest BCUT2D eigenvalue weighted by atomic mass is 10.2. The van der Waals surface area contributed by atoms with Crippen LogP contribution in [-0.2, 0) is 20.7 Å². The van der Waals surface area contributed by atoms with E-state index in [1.165, 1.54) is 0 Å². The molecule has 5 nitrogen and oxygen atoms in total. The third kappa shape index (κ3) is 7.19. The second kappa shape index (κ2) is 11.1. The van der Waals surface area contributed by atoms with Gasteiger partial charge in [-0.25, -0.2) is 0 Å². The van der Waals surface area contributed by atoms with Crippen LogP contribution >= 0.6 is 12.2 Å². The van der Waals surface area contributed by atoms with E-state index in [-0.39, 0.29) is 24.7 Å². The summed E-state index contributed by atoms with van der Waals surface area (Å²) in [5.41, 5.74) is 2.01. The summed E-state index contributed by atoms with van der Waals surface area (Å²) in [5, 5.41) is 3.00. The van der Waals surface area contributed by atoms with Crippen LogP contribution in [-0.4, -0.2) is 30.1 Å². The highest BCUT2D eigenvalue weighted by atomic mass is 32.1. The zero-order chi connectivity index (χ0) is 19.5. The number of carbonyl (C=O) groups excluding carboxylic acids is 2. The summed E-state index contributed by atoms with van der Waals surface area (Å²) in [6.07, 6.45) is 0.725. The summed E-state index contributed by atoms with van der Waals surface area (Å²) in [4.78, 5) is 25.7. The van der Waals surface area contributed by atoms with Crippen LogP contribution in [0.4, 0.5) is 5.69 Å². The first-order valence-electron chi connectivity index (χ1n) is 8.96. The number of benzene rings is 2. The van der Waals surface area contributed by atoms with Crippen LogP contribution in [0.2, 0.25) is 0 Å². The molecule has 142 valence electrons. The third-order valence-electron chi connectivity index (χ3n) is 3.93. The van der Waals surface area contributed by atoms with Gasteiger partial charge in [-0.3, -0.25) is 9.59 Å². The third-order valence-corrected chi connectivity index (χ3v) is 4.25. The number of thiocarbonyl (C=S) groups is 1. The number of para-hydroxylation sites is 1. The van der Waals surface area contributed by atoms with Crippen molar-refractivity contribution in [3.63, 3.8) is 0 Å². The Morgan fingerprint density at radius 3 is 2.26 bits per heavy atom. The molecular weight excluding hydrogens is 360 g/mol. The summed E-state index contributed by atoms with van der Waals surface area (Å²) in [5.74, 6) is -0.684. The average molecular weight is 385 g/mol. The number of nitrogens with one attached hydrogen (secondary N) is 1. The first kappa shape index (κ1) is 20.6. The van der Waals surface area contributed by atoms with E-state index in [9.17, 15) is 9.59 Å². The monoisotopic (exact) mass is 384 g/mol. The molecule has 0 radical (unpaired) electrons. The lowest BCUT2D eigenvalue weighted by Crippen LogP contribution is -2.42. The van der Waals surface area contributed by atoms with E-state index in [1.54, 1.807) is 0 Å². The fraction of sp³-hybridized carbons (Fsp3) is 0.286. The molecule has 0 fully saturated rings. The normalized spacial score (nSPS) is 10.1. The molecule has 0 saturated carbocycles. The van der Waals surface area contributed by atoms with E-state index < -0.39 is 0 Å². The number of ether oxygens (including phenoxy) is 1. The molecule has 0 bridgehead atoms. The molecule has 27 heavy (non-hydrogen) atoms. The Kier molecular flexibility index (Phi) is 8.45. The predicted octanol–water partition coefficient (Wildman–Crippen LogP) is 3.48. The van der Waals surface area contributed by atoms with Gasteiger partial charge in [0.15, 0.2) is 5.11 Å². The maximum atomic E-state index is 12.1. The summed E-state index contributed by atoms with van der Waals surface area (Å²) in [6.45, 7) is 2.89. The van der Waals surface area contributed by atoms with E-state index in [0.717, 1.165) is 11.3 Å². The molecule has 0 aromatic heterocycles. The van der Waals surface area contributed by atoms with Crippen molar-refractivity contribution in [1.29, 1.82) is 0 Å². The molecule has 0 unspecified atom stereocenters.